The summed E-state index contributed by atoms with van der Waals surface area (Å²) < 4.78 is 20.0. The van der Waals surface area contributed by atoms with Gasteiger partial charge in [-0.25, -0.2) is 4.39 Å². The second kappa shape index (κ2) is 7.01. The monoisotopic (exact) mass is 343 g/mol. The van der Waals surface area contributed by atoms with Gasteiger partial charge >= 0.3 is 0 Å². The van der Waals surface area contributed by atoms with Crippen LogP contribution in [0.25, 0.3) is 0 Å². The summed E-state index contributed by atoms with van der Waals surface area (Å²) in [6, 6.07) is 5.62. The third-order valence-electron chi connectivity index (χ3n) is 4.39. The van der Waals surface area contributed by atoms with Crippen molar-refractivity contribution in [3.63, 3.8) is 0 Å². The molecule has 1 N–H and O–H groups in total. The van der Waals surface area contributed by atoms with Crippen LogP contribution in [0.5, 0.6) is 0 Å². The zero-order valence-electron chi connectivity index (χ0n) is 12.2. The fourth-order valence-corrected chi connectivity index (χ4v) is 3.29. The van der Waals surface area contributed by atoms with Gasteiger partial charge < -0.3 is 10.1 Å². The lowest BCUT2D eigenvalue weighted by atomic mass is 9.86. The number of benzene rings is 1. The molecule has 1 aromatic rings. The van der Waals surface area contributed by atoms with Crippen molar-refractivity contribution in [1.82, 2.24) is 5.32 Å². The molecule has 112 valence electrons. The van der Waals surface area contributed by atoms with E-state index in [1.165, 1.54) is 6.07 Å². The Bertz CT molecular complexity index is 448. The number of hydrogen-bond acceptors (Lipinski definition) is 2. The van der Waals surface area contributed by atoms with Crippen molar-refractivity contribution in [3.05, 3.63) is 34.1 Å². The van der Waals surface area contributed by atoms with E-state index in [1.54, 1.807) is 6.07 Å². The van der Waals surface area contributed by atoms with Gasteiger partial charge in [-0.3, -0.25) is 0 Å². The smallest absolute Gasteiger partial charge is 0.137 e. The molecule has 1 unspecified atom stereocenters. The maximum Gasteiger partial charge on any atom is 0.137 e. The van der Waals surface area contributed by atoms with Crippen molar-refractivity contribution >= 4 is 15.9 Å². The minimum absolute atomic E-state index is 0.0229. The van der Waals surface area contributed by atoms with Gasteiger partial charge in [0.1, 0.15) is 5.82 Å². The summed E-state index contributed by atoms with van der Waals surface area (Å²) in [7, 11) is 0. The highest BCUT2D eigenvalue weighted by Crippen LogP contribution is 2.31. The Morgan fingerprint density at radius 3 is 2.85 bits per heavy atom. The molecular weight excluding hydrogens is 321 g/mol. The highest BCUT2D eigenvalue weighted by molar-refractivity contribution is 9.10. The van der Waals surface area contributed by atoms with Gasteiger partial charge in [-0.1, -0.05) is 26.0 Å². The summed E-state index contributed by atoms with van der Waals surface area (Å²) >= 11 is 3.32. The Kier molecular flexibility index (Phi) is 5.58. The first-order valence-corrected chi connectivity index (χ1v) is 8.19. The average Bonchev–Trinajstić information content (AvgIpc) is 2.49. The third-order valence-corrected chi connectivity index (χ3v) is 5.28. The van der Waals surface area contributed by atoms with Gasteiger partial charge in [0.15, 0.2) is 0 Å². The van der Waals surface area contributed by atoms with Crippen molar-refractivity contribution in [2.45, 2.75) is 57.7 Å². The lowest BCUT2D eigenvalue weighted by molar-refractivity contribution is -0.0932. The van der Waals surface area contributed by atoms with Gasteiger partial charge in [0.05, 0.1) is 10.1 Å². The molecule has 1 aliphatic rings. The predicted molar refractivity (Wildman–Crippen MR) is 83.2 cm³/mol. The molecule has 1 saturated heterocycles. The number of ether oxygens (including phenoxy) is 1. The molecule has 20 heavy (non-hydrogen) atoms. The Balaban J connectivity index is 1.95. The van der Waals surface area contributed by atoms with E-state index in [9.17, 15) is 4.39 Å². The normalized spacial score (nSPS) is 21.9. The molecule has 1 aliphatic heterocycles. The van der Waals surface area contributed by atoms with E-state index in [2.05, 4.69) is 35.1 Å². The van der Waals surface area contributed by atoms with Gasteiger partial charge in [-0.2, -0.15) is 0 Å². The average molecular weight is 344 g/mol. The molecular formula is C16H23BrFNO. The van der Waals surface area contributed by atoms with E-state index in [4.69, 9.17) is 4.74 Å². The molecule has 1 atom stereocenters. The van der Waals surface area contributed by atoms with Crippen LogP contribution in [0.4, 0.5) is 4.39 Å². The molecule has 0 aliphatic carbocycles. The molecule has 0 saturated carbocycles. The van der Waals surface area contributed by atoms with E-state index >= 15 is 0 Å². The molecule has 2 rings (SSSR count). The van der Waals surface area contributed by atoms with Crippen LogP contribution in [0.3, 0.4) is 0 Å². The van der Waals surface area contributed by atoms with Crippen LogP contribution in [0.2, 0.25) is 0 Å². The van der Waals surface area contributed by atoms with E-state index < -0.39 is 0 Å². The Morgan fingerprint density at radius 2 is 2.15 bits per heavy atom. The van der Waals surface area contributed by atoms with E-state index in [1.807, 2.05) is 6.07 Å². The van der Waals surface area contributed by atoms with Crippen molar-refractivity contribution < 1.29 is 9.13 Å². The second-order valence-electron chi connectivity index (χ2n) is 5.52. The number of halogens is 2. The Morgan fingerprint density at radius 1 is 1.40 bits per heavy atom. The molecule has 0 radical (unpaired) electrons. The summed E-state index contributed by atoms with van der Waals surface area (Å²) in [5.41, 5.74) is 0.991. The third kappa shape index (κ3) is 3.60. The van der Waals surface area contributed by atoms with Crippen molar-refractivity contribution in [2.75, 3.05) is 6.61 Å². The molecule has 0 spiro atoms. The second-order valence-corrected chi connectivity index (χ2v) is 6.32. The molecule has 2 nitrogen and oxygen atoms in total. The molecule has 1 fully saturated rings. The Labute approximate surface area is 129 Å². The van der Waals surface area contributed by atoms with E-state index in [0.29, 0.717) is 17.1 Å². The summed E-state index contributed by atoms with van der Waals surface area (Å²) in [6.45, 7) is 5.88. The van der Waals surface area contributed by atoms with Gasteiger partial charge in [0.25, 0.3) is 0 Å². The standard InChI is InChI=1S/C16H23BrFNO/c1-3-16(4-2)10-13(8-9-20-16)19-11-12-6-5-7-14(18)15(12)17/h5-7,13,19H,3-4,8-11H2,1-2H3. The van der Waals surface area contributed by atoms with Crippen LogP contribution in [0.15, 0.2) is 22.7 Å². The molecule has 0 amide bonds. The lowest BCUT2D eigenvalue weighted by Crippen LogP contribution is -2.46. The van der Waals surface area contributed by atoms with E-state index in [-0.39, 0.29) is 11.4 Å². The van der Waals surface area contributed by atoms with Crippen LogP contribution in [-0.2, 0) is 11.3 Å². The van der Waals surface area contributed by atoms with Gasteiger partial charge in [0, 0.05) is 19.2 Å². The minimum Gasteiger partial charge on any atom is -0.375 e. The minimum atomic E-state index is -0.201. The highest BCUT2D eigenvalue weighted by Gasteiger charge is 2.34. The first-order chi connectivity index (χ1) is 9.60. The fourth-order valence-electron chi connectivity index (χ4n) is 2.88. The van der Waals surface area contributed by atoms with Gasteiger partial charge in [0.2, 0.25) is 0 Å². The topological polar surface area (TPSA) is 21.3 Å². The van der Waals surface area contributed by atoms with E-state index in [0.717, 1.165) is 37.9 Å². The van der Waals surface area contributed by atoms with Crippen molar-refractivity contribution in [3.8, 4) is 0 Å². The molecule has 4 heteroatoms. The number of hydrogen-bond donors (Lipinski definition) is 1. The zero-order valence-corrected chi connectivity index (χ0v) is 13.8. The SMILES string of the molecule is CCC1(CC)CC(NCc2cccc(F)c2Br)CCO1. The van der Waals surface area contributed by atoms with Crippen LogP contribution in [-0.4, -0.2) is 18.2 Å². The summed E-state index contributed by atoms with van der Waals surface area (Å²) in [5.74, 6) is -0.201. The van der Waals surface area contributed by atoms with Crippen molar-refractivity contribution in [2.24, 2.45) is 0 Å². The highest BCUT2D eigenvalue weighted by atomic mass is 79.9. The predicted octanol–water partition coefficient (Wildman–Crippen LogP) is 4.42. The van der Waals surface area contributed by atoms with Crippen LogP contribution in [0.1, 0.15) is 45.1 Å². The quantitative estimate of drug-likeness (QED) is 0.854. The van der Waals surface area contributed by atoms with Crippen molar-refractivity contribution in [1.29, 1.82) is 0 Å². The van der Waals surface area contributed by atoms with Crippen LogP contribution in [0, 0.1) is 5.82 Å². The molecule has 0 aromatic heterocycles. The van der Waals surface area contributed by atoms with Crippen LogP contribution < -0.4 is 5.32 Å². The number of nitrogens with one attached hydrogen (secondary N) is 1. The van der Waals surface area contributed by atoms with Gasteiger partial charge in [-0.05, 0) is 53.2 Å². The maximum absolute atomic E-state index is 13.5. The largest absolute Gasteiger partial charge is 0.375 e. The molecule has 1 aromatic carbocycles. The summed E-state index contributed by atoms with van der Waals surface area (Å²) in [5, 5.41) is 3.55. The van der Waals surface area contributed by atoms with Crippen LogP contribution >= 0.6 is 15.9 Å². The first-order valence-electron chi connectivity index (χ1n) is 7.40. The first kappa shape index (κ1) is 15.9. The Hall–Kier alpha value is -0.450. The fraction of sp³-hybridized carbons (Fsp3) is 0.625. The molecule has 0 bridgehead atoms. The van der Waals surface area contributed by atoms with Gasteiger partial charge in [-0.15, -0.1) is 0 Å². The summed E-state index contributed by atoms with van der Waals surface area (Å²) in [4.78, 5) is 0. The number of rotatable bonds is 5. The maximum atomic E-state index is 13.5. The lowest BCUT2D eigenvalue weighted by Gasteiger charge is -2.40. The summed E-state index contributed by atoms with van der Waals surface area (Å²) in [6.07, 6.45) is 4.15. The molecule has 1 heterocycles. The zero-order chi connectivity index (χ0) is 14.6.